The minimum absolute atomic E-state index is 0.165. The number of halogens is 4. The number of rotatable bonds is 5. The highest BCUT2D eigenvalue weighted by Gasteiger charge is 2.40. The highest BCUT2D eigenvalue weighted by molar-refractivity contribution is 5.26. The summed E-state index contributed by atoms with van der Waals surface area (Å²) in [6, 6.07) is 0. The zero-order chi connectivity index (χ0) is 11.5. The average molecular weight is 225 g/mol. The molecule has 0 fully saturated rings. The van der Waals surface area contributed by atoms with E-state index in [0.29, 0.717) is 6.54 Å². The highest BCUT2D eigenvalue weighted by Crippen LogP contribution is 2.22. The van der Waals surface area contributed by atoms with Crippen molar-refractivity contribution in [2.75, 3.05) is 11.9 Å². The zero-order valence-electron chi connectivity index (χ0n) is 8.05. The molecule has 0 aromatic carbocycles. The van der Waals surface area contributed by atoms with Gasteiger partial charge in [0.1, 0.15) is 0 Å². The van der Waals surface area contributed by atoms with Crippen LogP contribution in [0.3, 0.4) is 0 Å². The van der Waals surface area contributed by atoms with Crippen molar-refractivity contribution >= 4 is 5.95 Å². The number of aromatic nitrogens is 2. The van der Waals surface area contributed by atoms with Crippen molar-refractivity contribution < 1.29 is 17.6 Å². The van der Waals surface area contributed by atoms with Gasteiger partial charge < -0.3 is 9.88 Å². The molecule has 1 heterocycles. The van der Waals surface area contributed by atoms with E-state index in [1.54, 1.807) is 17.7 Å². The van der Waals surface area contributed by atoms with Crippen molar-refractivity contribution in [1.82, 2.24) is 9.55 Å². The number of aryl methyl sites for hydroxylation is 1. The van der Waals surface area contributed by atoms with E-state index in [9.17, 15) is 17.6 Å². The predicted octanol–water partition coefficient (Wildman–Crippen LogP) is 2.22. The summed E-state index contributed by atoms with van der Waals surface area (Å²) in [6.07, 6.45) is -0.690. The molecule has 0 unspecified atom stereocenters. The molecule has 0 amide bonds. The fraction of sp³-hybridized carbons (Fsp3) is 0.625. The van der Waals surface area contributed by atoms with Crippen molar-refractivity contribution in [3.8, 4) is 0 Å². The molecule has 86 valence electrons. The quantitative estimate of drug-likeness (QED) is 0.778. The largest absolute Gasteiger partial charge is 0.349 e. The molecule has 1 rings (SSSR count). The molecule has 0 atom stereocenters. The Kier molecular flexibility index (Phi) is 3.54. The summed E-state index contributed by atoms with van der Waals surface area (Å²) in [5.74, 6) is -3.87. The average Bonchev–Trinajstić information content (AvgIpc) is 2.61. The first-order valence-electron chi connectivity index (χ1n) is 4.38. The van der Waals surface area contributed by atoms with Gasteiger partial charge in [-0.25, -0.2) is 13.8 Å². The van der Waals surface area contributed by atoms with E-state index in [1.165, 1.54) is 6.20 Å². The summed E-state index contributed by atoms with van der Waals surface area (Å²) in [4.78, 5) is 3.72. The third-order valence-corrected chi connectivity index (χ3v) is 1.86. The van der Waals surface area contributed by atoms with Gasteiger partial charge >= 0.3 is 12.3 Å². The lowest BCUT2D eigenvalue weighted by atomic mass is 10.3. The molecule has 0 saturated carbocycles. The first-order chi connectivity index (χ1) is 6.97. The summed E-state index contributed by atoms with van der Waals surface area (Å²) in [5.41, 5.74) is 0. The van der Waals surface area contributed by atoms with Crippen molar-refractivity contribution in [1.29, 1.82) is 0 Å². The van der Waals surface area contributed by atoms with E-state index in [-0.39, 0.29) is 5.95 Å². The second kappa shape index (κ2) is 4.50. The van der Waals surface area contributed by atoms with E-state index in [4.69, 9.17) is 0 Å². The third-order valence-electron chi connectivity index (χ3n) is 1.86. The Morgan fingerprint density at radius 3 is 2.73 bits per heavy atom. The molecule has 0 saturated heterocycles. The van der Waals surface area contributed by atoms with Gasteiger partial charge in [0.2, 0.25) is 5.95 Å². The van der Waals surface area contributed by atoms with E-state index >= 15 is 0 Å². The van der Waals surface area contributed by atoms with Gasteiger partial charge in [0.25, 0.3) is 0 Å². The van der Waals surface area contributed by atoms with Crippen LogP contribution in [0.2, 0.25) is 0 Å². The van der Waals surface area contributed by atoms with Gasteiger partial charge in [0, 0.05) is 18.9 Å². The van der Waals surface area contributed by atoms with Crippen LogP contribution in [0.5, 0.6) is 0 Å². The molecule has 0 aliphatic rings. The monoisotopic (exact) mass is 225 g/mol. The van der Waals surface area contributed by atoms with E-state index in [1.807, 2.05) is 0 Å². The second-order valence-electron chi connectivity index (χ2n) is 2.95. The lowest BCUT2D eigenvalue weighted by Gasteiger charge is -2.16. The minimum Gasteiger partial charge on any atom is -0.349 e. The molecule has 1 N–H and O–H groups in total. The fourth-order valence-corrected chi connectivity index (χ4v) is 1.01. The molecule has 0 radical (unpaired) electrons. The maximum atomic E-state index is 12.5. The highest BCUT2D eigenvalue weighted by atomic mass is 19.3. The molecule has 0 bridgehead atoms. The van der Waals surface area contributed by atoms with Crippen LogP contribution in [0.25, 0.3) is 0 Å². The molecule has 0 aliphatic heterocycles. The van der Waals surface area contributed by atoms with Crippen LogP contribution in [0.15, 0.2) is 12.4 Å². The SMILES string of the molecule is CCn1ccnc1NCC(F)(F)C(F)F. The molecule has 7 heteroatoms. The summed E-state index contributed by atoms with van der Waals surface area (Å²) < 4.78 is 50.2. The summed E-state index contributed by atoms with van der Waals surface area (Å²) in [5, 5.41) is 2.19. The second-order valence-corrected chi connectivity index (χ2v) is 2.95. The Labute approximate surface area is 84.1 Å². The normalized spacial score (nSPS) is 12.1. The van der Waals surface area contributed by atoms with Crippen LogP contribution < -0.4 is 5.32 Å². The van der Waals surface area contributed by atoms with Crippen LogP contribution in [-0.2, 0) is 6.54 Å². The molecule has 1 aromatic rings. The van der Waals surface area contributed by atoms with E-state index in [2.05, 4.69) is 10.3 Å². The van der Waals surface area contributed by atoms with E-state index in [0.717, 1.165) is 0 Å². The number of nitrogens with one attached hydrogen (secondary N) is 1. The molecular weight excluding hydrogens is 214 g/mol. The van der Waals surface area contributed by atoms with Crippen molar-refractivity contribution in [3.63, 3.8) is 0 Å². The predicted molar refractivity (Wildman–Crippen MR) is 47.3 cm³/mol. The Morgan fingerprint density at radius 1 is 1.53 bits per heavy atom. The molecule has 1 aromatic heterocycles. The Morgan fingerprint density at radius 2 is 2.20 bits per heavy atom. The maximum Gasteiger partial charge on any atom is 0.324 e. The molecular formula is C8H11F4N3. The number of anilines is 1. The first kappa shape index (κ1) is 11.8. The first-order valence-corrected chi connectivity index (χ1v) is 4.38. The molecule has 15 heavy (non-hydrogen) atoms. The van der Waals surface area contributed by atoms with Gasteiger partial charge in [-0.15, -0.1) is 0 Å². The summed E-state index contributed by atoms with van der Waals surface area (Å²) in [7, 11) is 0. The smallest absolute Gasteiger partial charge is 0.324 e. The number of hydrogen-bond donors (Lipinski definition) is 1. The summed E-state index contributed by atoms with van der Waals surface area (Å²) >= 11 is 0. The Hall–Kier alpha value is -1.27. The van der Waals surface area contributed by atoms with Gasteiger partial charge in [0.05, 0.1) is 6.54 Å². The van der Waals surface area contributed by atoms with Crippen molar-refractivity contribution in [3.05, 3.63) is 12.4 Å². The Bertz CT molecular complexity index is 311. The third kappa shape index (κ3) is 2.84. The van der Waals surface area contributed by atoms with Crippen molar-refractivity contribution in [2.45, 2.75) is 25.8 Å². The minimum atomic E-state index is -4.04. The standard InChI is InChI=1S/C8H11F4N3/c1-2-15-4-3-13-7(15)14-5-8(11,12)6(9)10/h3-4,6H,2,5H2,1H3,(H,13,14). The fourth-order valence-electron chi connectivity index (χ4n) is 1.01. The zero-order valence-corrected chi connectivity index (χ0v) is 8.05. The number of hydrogen-bond acceptors (Lipinski definition) is 2. The summed E-state index contributed by atoms with van der Waals surface area (Å²) in [6.45, 7) is 1.20. The topological polar surface area (TPSA) is 29.9 Å². The van der Waals surface area contributed by atoms with Crippen LogP contribution in [0, 0.1) is 0 Å². The van der Waals surface area contributed by atoms with Gasteiger partial charge in [-0.05, 0) is 6.92 Å². The van der Waals surface area contributed by atoms with E-state index < -0.39 is 18.9 Å². The lowest BCUT2D eigenvalue weighted by Crippen LogP contribution is -2.35. The maximum absolute atomic E-state index is 12.5. The molecule has 3 nitrogen and oxygen atoms in total. The van der Waals surface area contributed by atoms with Crippen LogP contribution >= 0.6 is 0 Å². The molecule has 0 spiro atoms. The van der Waals surface area contributed by atoms with Gasteiger partial charge in [-0.1, -0.05) is 0 Å². The number of imidazole rings is 1. The van der Waals surface area contributed by atoms with Gasteiger partial charge in [-0.2, -0.15) is 8.78 Å². The number of alkyl halides is 4. The Balaban J connectivity index is 2.57. The van der Waals surface area contributed by atoms with Crippen LogP contribution in [0.1, 0.15) is 6.92 Å². The number of nitrogens with zero attached hydrogens (tertiary/aromatic N) is 2. The van der Waals surface area contributed by atoms with Gasteiger partial charge in [0.15, 0.2) is 0 Å². The van der Waals surface area contributed by atoms with Gasteiger partial charge in [-0.3, -0.25) is 0 Å². The van der Waals surface area contributed by atoms with Crippen LogP contribution in [0.4, 0.5) is 23.5 Å². The molecule has 0 aliphatic carbocycles. The lowest BCUT2D eigenvalue weighted by molar-refractivity contribution is -0.117. The van der Waals surface area contributed by atoms with Crippen LogP contribution in [-0.4, -0.2) is 28.4 Å². The van der Waals surface area contributed by atoms with Crippen molar-refractivity contribution in [2.24, 2.45) is 0 Å².